The fourth-order valence-electron chi connectivity index (χ4n) is 2.37. The van der Waals surface area contributed by atoms with Crippen LogP contribution in [0.4, 0.5) is 5.13 Å². The van der Waals surface area contributed by atoms with Gasteiger partial charge < -0.3 is 9.47 Å². The summed E-state index contributed by atoms with van der Waals surface area (Å²) in [4.78, 5) is 16.7. The third-order valence-electron chi connectivity index (χ3n) is 3.75. The average Bonchev–Trinajstić information content (AvgIpc) is 3.09. The smallest absolute Gasteiger partial charge is 0.343 e. The number of carbonyl (C=O) groups is 1. The summed E-state index contributed by atoms with van der Waals surface area (Å²) in [5, 5.41) is 6.85. The van der Waals surface area contributed by atoms with Crippen LogP contribution in [0.3, 0.4) is 0 Å². The summed E-state index contributed by atoms with van der Waals surface area (Å²) in [6, 6.07) is 12.5. The van der Waals surface area contributed by atoms with Crippen molar-refractivity contribution in [3.8, 4) is 11.5 Å². The molecule has 3 rings (SSSR count). The summed E-state index contributed by atoms with van der Waals surface area (Å²) in [5.41, 5.74) is 6.21. The molecular weight excluding hydrogens is 374 g/mol. The Morgan fingerprint density at radius 3 is 2.64 bits per heavy atom. The molecule has 0 aliphatic rings. The highest BCUT2D eigenvalue weighted by atomic mass is 32.1. The van der Waals surface area contributed by atoms with Crippen molar-refractivity contribution < 1.29 is 14.3 Å². The van der Waals surface area contributed by atoms with Gasteiger partial charge in [0.1, 0.15) is 0 Å². The molecule has 0 fully saturated rings. The van der Waals surface area contributed by atoms with Crippen LogP contribution in [0.15, 0.2) is 52.9 Å². The van der Waals surface area contributed by atoms with Gasteiger partial charge in [-0.2, -0.15) is 5.10 Å². The maximum atomic E-state index is 12.4. The molecule has 0 aliphatic heterocycles. The maximum absolute atomic E-state index is 12.4. The van der Waals surface area contributed by atoms with Crippen LogP contribution < -0.4 is 14.9 Å². The number of ether oxygens (including phenoxy) is 2. The zero-order valence-corrected chi connectivity index (χ0v) is 16.7. The molecule has 3 aromatic rings. The Kier molecular flexibility index (Phi) is 6.39. The zero-order chi connectivity index (χ0) is 19.9. The van der Waals surface area contributed by atoms with Crippen molar-refractivity contribution in [3.05, 3.63) is 70.2 Å². The number of hydrogen-bond donors (Lipinski definition) is 1. The number of aryl methyl sites for hydroxylation is 2. The van der Waals surface area contributed by atoms with Gasteiger partial charge in [-0.25, -0.2) is 9.78 Å². The number of nitrogens with one attached hydrogen (secondary N) is 1. The summed E-state index contributed by atoms with van der Waals surface area (Å²) in [5.74, 6) is 0.424. The molecule has 0 saturated carbocycles. The molecule has 0 aliphatic carbocycles. The molecule has 0 radical (unpaired) electrons. The van der Waals surface area contributed by atoms with Gasteiger partial charge in [-0.05, 0) is 56.7 Å². The van der Waals surface area contributed by atoms with Crippen LogP contribution >= 0.6 is 11.3 Å². The first-order chi connectivity index (χ1) is 13.5. The molecule has 1 N–H and O–H groups in total. The van der Waals surface area contributed by atoms with Crippen molar-refractivity contribution in [2.75, 3.05) is 12.0 Å². The average molecular weight is 395 g/mol. The Morgan fingerprint density at radius 1 is 1.18 bits per heavy atom. The van der Waals surface area contributed by atoms with Crippen LogP contribution in [0, 0.1) is 13.8 Å². The van der Waals surface area contributed by atoms with E-state index in [0.29, 0.717) is 23.7 Å². The molecule has 144 valence electrons. The first kappa shape index (κ1) is 19.6. The standard InChI is InChI=1S/C21H21N3O3S/c1-4-26-19-11-16(12-22-24-21-23-15(3)13-28-21)7-10-18(19)27-20(25)17-8-5-14(2)6-9-17/h5-13H,4H2,1-3H3,(H,23,24)/b22-12-. The van der Waals surface area contributed by atoms with Crippen LogP contribution in [-0.2, 0) is 0 Å². The molecular formula is C21H21N3O3S. The second kappa shape index (κ2) is 9.14. The number of hydrogen-bond acceptors (Lipinski definition) is 7. The van der Waals surface area contributed by atoms with E-state index in [1.165, 1.54) is 11.3 Å². The van der Waals surface area contributed by atoms with Crippen molar-refractivity contribution in [2.24, 2.45) is 5.10 Å². The predicted molar refractivity (Wildman–Crippen MR) is 112 cm³/mol. The lowest BCUT2D eigenvalue weighted by Gasteiger charge is -2.11. The number of aromatic nitrogens is 1. The molecule has 0 saturated heterocycles. The van der Waals surface area contributed by atoms with Crippen molar-refractivity contribution in [1.82, 2.24) is 4.98 Å². The molecule has 0 bridgehead atoms. The van der Waals surface area contributed by atoms with Gasteiger partial charge in [0.25, 0.3) is 0 Å². The highest BCUT2D eigenvalue weighted by Gasteiger charge is 2.13. The second-order valence-electron chi connectivity index (χ2n) is 6.06. The van der Waals surface area contributed by atoms with E-state index in [4.69, 9.17) is 9.47 Å². The van der Waals surface area contributed by atoms with Crippen molar-refractivity contribution in [1.29, 1.82) is 0 Å². The van der Waals surface area contributed by atoms with Gasteiger partial charge in [0.2, 0.25) is 5.13 Å². The molecule has 0 atom stereocenters. The fourth-order valence-corrected chi connectivity index (χ4v) is 3.01. The molecule has 0 unspecified atom stereocenters. The third kappa shape index (κ3) is 5.17. The number of benzene rings is 2. The van der Waals surface area contributed by atoms with E-state index < -0.39 is 5.97 Å². The minimum atomic E-state index is -0.428. The first-order valence-electron chi connectivity index (χ1n) is 8.82. The summed E-state index contributed by atoms with van der Waals surface area (Å²) in [7, 11) is 0. The van der Waals surface area contributed by atoms with E-state index >= 15 is 0 Å². The lowest BCUT2D eigenvalue weighted by atomic mass is 10.1. The topological polar surface area (TPSA) is 72.8 Å². The minimum Gasteiger partial charge on any atom is -0.490 e. The molecule has 28 heavy (non-hydrogen) atoms. The predicted octanol–water partition coefficient (Wildman–Crippen LogP) is 4.82. The van der Waals surface area contributed by atoms with E-state index in [-0.39, 0.29) is 0 Å². The quantitative estimate of drug-likeness (QED) is 0.269. The van der Waals surface area contributed by atoms with E-state index in [1.54, 1.807) is 36.5 Å². The Hall–Kier alpha value is -3.19. The van der Waals surface area contributed by atoms with E-state index in [0.717, 1.165) is 22.0 Å². The van der Waals surface area contributed by atoms with Crippen molar-refractivity contribution >= 4 is 28.7 Å². The second-order valence-corrected chi connectivity index (χ2v) is 6.92. The molecule has 0 amide bonds. The Balaban J connectivity index is 1.72. The highest BCUT2D eigenvalue weighted by molar-refractivity contribution is 7.13. The van der Waals surface area contributed by atoms with Crippen molar-refractivity contribution in [2.45, 2.75) is 20.8 Å². The Labute approximate surface area is 167 Å². The van der Waals surface area contributed by atoms with Gasteiger partial charge in [-0.15, -0.1) is 11.3 Å². The zero-order valence-electron chi connectivity index (χ0n) is 15.9. The number of anilines is 1. The number of rotatable bonds is 7. The summed E-state index contributed by atoms with van der Waals surface area (Å²) < 4.78 is 11.2. The third-order valence-corrected chi connectivity index (χ3v) is 4.62. The van der Waals surface area contributed by atoms with Gasteiger partial charge >= 0.3 is 5.97 Å². The monoisotopic (exact) mass is 395 g/mol. The van der Waals surface area contributed by atoms with E-state index in [1.807, 2.05) is 38.3 Å². The summed E-state index contributed by atoms with van der Waals surface area (Å²) in [6.07, 6.45) is 1.66. The van der Waals surface area contributed by atoms with Crippen LogP contribution in [-0.4, -0.2) is 23.8 Å². The van der Waals surface area contributed by atoms with Crippen LogP contribution in [0.2, 0.25) is 0 Å². The number of nitrogens with zero attached hydrogens (tertiary/aromatic N) is 2. The lowest BCUT2D eigenvalue weighted by molar-refractivity contribution is 0.0728. The molecule has 2 aromatic carbocycles. The van der Waals surface area contributed by atoms with E-state index in [9.17, 15) is 4.79 Å². The van der Waals surface area contributed by atoms with Gasteiger partial charge in [0, 0.05) is 5.38 Å². The Morgan fingerprint density at radius 2 is 1.96 bits per heavy atom. The van der Waals surface area contributed by atoms with Crippen LogP contribution in [0.1, 0.15) is 34.1 Å². The van der Waals surface area contributed by atoms with Gasteiger partial charge in [-0.1, -0.05) is 17.7 Å². The number of carbonyl (C=O) groups excluding carboxylic acids is 1. The van der Waals surface area contributed by atoms with Crippen molar-refractivity contribution in [3.63, 3.8) is 0 Å². The van der Waals surface area contributed by atoms with Gasteiger partial charge in [-0.3, -0.25) is 5.43 Å². The summed E-state index contributed by atoms with van der Waals surface area (Å²) >= 11 is 1.49. The first-order valence-corrected chi connectivity index (χ1v) is 9.70. The number of thiazole rings is 1. The maximum Gasteiger partial charge on any atom is 0.343 e. The van der Waals surface area contributed by atoms with Crippen LogP contribution in [0.25, 0.3) is 0 Å². The van der Waals surface area contributed by atoms with E-state index in [2.05, 4.69) is 15.5 Å². The molecule has 1 heterocycles. The Bertz CT molecular complexity index is 981. The summed E-state index contributed by atoms with van der Waals surface area (Å²) in [6.45, 7) is 6.22. The minimum absolute atomic E-state index is 0.369. The largest absolute Gasteiger partial charge is 0.490 e. The molecule has 7 heteroatoms. The lowest BCUT2D eigenvalue weighted by Crippen LogP contribution is -2.09. The number of esters is 1. The molecule has 6 nitrogen and oxygen atoms in total. The van der Waals surface area contributed by atoms with Crippen LogP contribution in [0.5, 0.6) is 11.5 Å². The highest BCUT2D eigenvalue weighted by Crippen LogP contribution is 2.29. The van der Waals surface area contributed by atoms with Gasteiger partial charge in [0.15, 0.2) is 11.5 Å². The molecule has 1 aromatic heterocycles. The normalized spacial score (nSPS) is 10.8. The number of hydrazone groups is 1. The SMILES string of the molecule is CCOc1cc(/C=N\Nc2nc(C)cs2)ccc1OC(=O)c1ccc(C)cc1. The fraction of sp³-hybridized carbons (Fsp3) is 0.190. The van der Waals surface area contributed by atoms with Gasteiger partial charge in [0.05, 0.1) is 24.1 Å². The molecule has 0 spiro atoms.